The highest BCUT2D eigenvalue weighted by atomic mass is 16.2. The first kappa shape index (κ1) is 14.1. The van der Waals surface area contributed by atoms with Crippen LogP contribution in [0.3, 0.4) is 0 Å². The van der Waals surface area contributed by atoms with Crippen LogP contribution >= 0.6 is 0 Å². The molecule has 0 radical (unpaired) electrons. The van der Waals surface area contributed by atoms with E-state index in [0.717, 1.165) is 25.8 Å². The zero-order valence-electron chi connectivity index (χ0n) is 12.3. The molecule has 2 aliphatic heterocycles. The van der Waals surface area contributed by atoms with Crippen LogP contribution in [0.5, 0.6) is 0 Å². The average Bonchev–Trinajstić information content (AvgIpc) is 2.96. The lowest BCUT2D eigenvalue weighted by atomic mass is 9.96. The molecule has 2 heterocycles. The van der Waals surface area contributed by atoms with E-state index < -0.39 is 0 Å². The van der Waals surface area contributed by atoms with Gasteiger partial charge >= 0.3 is 0 Å². The fraction of sp³-hybridized carbons (Fsp3) is 0.529. The summed E-state index contributed by atoms with van der Waals surface area (Å²) in [6, 6.07) is 10.7. The molecule has 0 saturated carbocycles. The van der Waals surface area contributed by atoms with E-state index in [1.165, 1.54) is 5.56 Å². The Hall–Kier alpha value is -1.84. The van der Waals surface area contributed by atoms with E-state index in [4.69, 9.17) is 0 Å². The number of amides is 2. The van der Waals surface area contributed by atoms with Crippen LogP contribution in [-0.4, -0.2) is 35.8 Å². The van der Waals surface area contributed by atoms with Crippen LogP contribution in [0.2, 0.25) is 0 Å². The number of hydrogen-bond acceptors (Lipinski definition) is 2. The number of nitrogens with one attached hydrogen (secondary N) is 1. The standard InChI is InChI=1S/C17H22N2O2/c20-16-9-8-14(12-18-16)17(21)19-10-4-7-15(19)11-13-5-2-1-3-6-13/h1-3,5-6,14-15H,4,7-12H2,(H,18,20)/t14-,15-/m1/s1. The maximum absolute atomic E-state index is 12.7. The Bertz CT molecular complexity index is 505. The van der Waals surface area contributed by atoms with Crippen molar-refractivity contribution in [3.05, 3.63) is 35.9 Å². The van der Waals surface area contributed by atoms with Gasteiger partial charge in [0.1, 0.15) is 0 Å². The molecule has 2 aliphatic rings. The van der Waals surface area contributed by atoms with E-state index in [2.05, 4.69) is 22.3 Å². The van der Waals surface area contributed by atoms with Gasteiger partial charge in [0.15, 0.2) is 0 Å². The number of nitrogens with zero attached hydrogens (tertiary/aromatic N) is 1. The van der Waals surface area contributed by atoms with Crippen molar-refractivity contribution >= 4 is 11.8 Å². The highest BCUT2D eigenvalue weighted by molar-refractivity contribution is 5.84. The molecule has 2 amide bonds. The predicted molar refractivity (Wildman–Crippen MR) is 80.6 cm³/mol. The molecule has 1 aromatic carbocycles. The zero-order valence-corrected chi connectivity index (χ0v) is 12.3. The largest absolute Gasteiger partial charge is 0.355 e. The molecule has 4 heteroatoms. The minimum Gasteiger partial charge on any atom is -0.355 e. The van der Waals surface area contributed by atoms with Crippen molar-refractivity contribution in [2.24, 2.45) is 5.92 Å². The van der Waals surface area contributed by atoms with Crippen molar-refractivity contribution in [3.8, 4) is 0 Å². The van der Waals surface area contributed by atoms with Gasteiger partial charge in [0.25, 0.3) is 0 Å². The number of carbonyl (C=O) groups excluding carboxylic acids is 2. The minimum atomic E-state index is -0.0286. The molecule has 112 valence electrons. The monoisotopic (exact) mass is 286 g/mol. The normalized spacial score (nSPS) is 25.7. The van der Waals surface area contributed by atoms with Crippen molar-refractivity contribution in [3.63, 3.8) is 0 Å². The fourth-order valence-electron chi connectivity index (χ4n) is 3.40. The zero-order chi connectivity index (χ0) is 14.7. The summed E-state index contributed by atoms with van der Waals surface area (Å²) in [5.41, 5.74) is 1.29. The first-order valence-corrected chi connectivity index (χ1v) is 7.85. The molecule has 0 bridgehead atoms. The minimum absolute atomic E-state index is 0.0286. The van der Waals surface area contributed by atoms with Crippen LogP contribution in [0.15, 0.2) is 30.3 Å². The highest BCUT2D eigenvalue weighted by Gasteiger charge is 2.34. The molecule has 0 spiro atoms. The molecular formula is C17H22N2O2. The first-order chi connectivity index (χ1) is 10.2. The van der Waals surface area contributed by atoms with Crippen molar-refractivity contribution < 1.29 is 9.59 Å². The average molecular weight is 286 g/mol. The van der Waals surface area contributed by atoms with E-state index in [-0.39, 0.29) is 17.7 Å². The summed E-state index contributed by atoms with van der Waals surface area (Å²) in [5.74, 6) is 0.272. The molecule has 1 aromatic rings. The van der Waals surface area contributed by atoms with Gasteiger partial charge in [0, 0.05) is 25.6 Å². The fourth-order valence-corrected chi connectivity index (χ4v) is 3.40. The Morgan fingerprint density at radius 2 is 2.05 bits per heavy atom. The molecule has 2 atom stereocenters. The Kier molecular flexibility index (Phi) is 4.23. The second kappa shape index (κ2) is 6.29. The van der Waals surface area contributed by atoms with Gasteiger partial charge in [0.05, 0.1) is 5.92 Å². The van der Waals surface area contributed by atoms with Gasteiger partial charge in [-0.25, -0.2) is 0 Å². The molecule has 1 N–H and O–H groups in total. The summed E-state index contributed by atoms with van der Waals surface area (Å²) in [4.78, 5) is 26.0. The lowest BCUT2D eigenvalue weighted by Crippen LogP contribution is -2.46. The molecule has 2 fully saturated rings. The van der Waals surface area contributed by atoms with Gasteiger partial charge < -0.3 is 10.2 Å². The van der Waals surface area contributed by atoms with Crippen molar-refractivity contribution in [1.29, 1.82) is 0 Å². The lowest BCUT2D eigenvalue weighted by molar-refractivity contribution is -0.138. The van der Waals surface area contributed by atoms with E-state index in [0.29, 0.717) is 25.4 Å². The third kappa shape index (κ3) is 3.26. The van der Waals surface area contributed by atoms with Crippen molar-refractivity contribution in [2.45, 2.75) is 38.1 Å². The predicted octanol–water partition coefficient (Wildman–Crippen LogP) is 1.75. The Balaban J connectivity index is 1.63. The smallest absolute Gasteiger partial charge is 0.227 e. The molecule has 0 aliphatic carbocycles. The van der Waals surface area contributed by atoms with E-state index in [9.17, 15) is 9.59 Å². The molecule has 2 saturated heterocycles. The summed E-state index contributed by atoms with van der Waals surface area (Å²) < 4.78 is 0. The summed E-state index contributed by atoms with van der Waals surface area (Å²) >= 11 is 0. The third-order valence-electron chi connectivity index (χ3n) is 4.59. The molecule has 3 rings (SSSR count). The summed E-state index contributed by atoms with van der Waals surface area (Å²) in [5, 5.41) is 2.81. The number of benzene rings is 1. The summed E-state index contributed by atoms with van der Waals surface area (Å²) in [6.45, 7) is 1.37. The Morgan fingerprint density at radius 3 is 2.76 bits per heavy atom. The van der Waals surface area contributed by atoms with Gasteiger partial charge in [-0.15, -0.1) is 0 Å². The maximum atomic E-state index is 12.7. The van der Waals surface area contributed by atoms with Crippen molar-refractivity contribution in [1.82, 2.24) is 10.2 Å². The number of carbonyl (C=O) groups is 2. The highest BCUT2D eigenvalue weighted by Crippen LogP contribution is 2.25. The van der Waals surface area contributed by atoms with E-state index in [1.54, 1.807) is 0 Å². The second-order valence-corrected chi connectivity index (χ2v) is 6.06. The first-order valence-electron chi connectivity index (χ1n) is 7.85. The van der Waals surface area contributed by atoms with Gasteiger partial charge in [-0.1, -0.05) is 30.3 Å². The van der Waals surface area contributed by atoms with Crippen LogP contribution in [0, 0.1) is 5.92 Å². The number of likely N-dealkylation sites (tertiary alicyclic amines) is 1. The Morgan fingerprint density at radius 1 is 1.24 bits per heavy atom. The molecule has 4 nitrogen and oxygen atoms in total. The summed E-state index contributed by atoms with van der Waals surface area (Å²) in [7, 11) is 0. The number of piperidine rings is 1. The summed E-state index contributed by atoms with van der Waals surface area (Å²) in [6.07, 6.45) is 4.28. The quantitative estimate of drug-likeness (QED) is 0.920. The molecule has 21 heavy (non-hydrogen) atoms. The molecule has 0 unspecified atom stereocenters. The van der Waals surface area contributed by atoms with Crippen molar-refractivity contribution in [2.75, 3.05) is 13.1 Å². The maximum Gasteiger partial charge on any atom is 0.227 e. The topological polar surface area (TPSA) is 49.4 Å². The SMILES string of the molecule is O=C1CC[C@@H](C(=O)N2CCC[C@@H]2Cc2ccccc2)CN1. The second-order valence-electron chi connectivity index (χ2n) is 6.06. The van der Waals surface area contributed by atoms with Crippen LogP contribution in [0.4, 0.5) is 0 Å². The molecule has 0 aromatic heterocycles. The Labute approximate surface area is 125 Å². The van der Waals surface area contributed by atoms with Crippen LogP contribution < -0.4 is 5.32 Å². The third-order valence-corrected chi connectivity index (χ3v) is 4.59. The molecular weight excluding hydrogens is 264 g/mol. The van der Waals surface area contributed by atoms with Gasteiger partial charge in [0.2, 0.25) is 11.8 Å². The van der Waals surface area contributed by atoms with Crippen LogP contribution in [-0.2, 0) is 16.0 Å². The van der Waals surface area contributed by atoms with Crippen LogP contribution in [0.1, 0.15) is 31.2 Å². The van der Waals surface area contributed by atoms with Crippen LogP contribution in [0.25, 0.3) is 0 Å². The lowest BCUT2D eigenvalue weighted by Gasteiger charge is -2.30. The van der Waals surface area contributed by atoms with Gasteiger partial charge in [-0.3, -0.25) is 9.59 Å². The van der Waals surface area contributed by atoms with E-state index in [1.807, 2.05) is 18.2 Å². The van der Waals surface area contributed by atoms with E-state index >= 15 is 0 Å². The van der Waals surface area contributed by atoms with Gasteiger partial charge in [-0.05, 0) is 31.2 Å². The van der Waals surface area contributed by atoms with Gasteiger partial charge in [-0.2, -0.15) is 0 Å². The number of hydrogen-bond donors (Lipinski definition) is 1. The number of rotatable bonds is 3.